The van der Waals surface area contributed by atoms with Crippen LogP contribution in [0.1, 0.15) is 37.8 Å². The van der Waals surface area contributed by atoms with Crippen LogP contribution in [0.25, 0.3) is 0 Å². The number of benzene rings is 1. The lowest BCUT2D eigenvalue weighted by atomic mass is 10.1. The Kier molecular flexibility index (Phi) is 6.40. The Morgan fingerprint density at radius 1 is 1.14 bits per heavy atom. The van der Waals surface area contributed by atoms with Crippen molar-refractivity contribution in [3.63, 3.8) is 0 Å². The van der Waals surface area contributed by atoms with E-state index in [2.05, 4.69) is 27.7 Å². The van der Waals surface area contributed by atoms with Gasteiger partial charge in [0.2, 0.25) is 11.8 Å². The fourth-order valence-electron chi connectivity index (χ4n) is 2.84. The number of carbonyl (C=O) groups excluding carboxylic acids is 2. The molecule has 0 aromatic heterocycles. The minimum Gasteiger partial charge on any atom is -0.356 e. The van der Waals surface area contributed by atoms with Gasteiger partial charge in [0.15, 0.2) is 0 Å². The third-order valence-corrected chi connectivity index (χ3v) is 3.98. The molecule has 0 saturated carbocycles. The summed E-state index contributed by atoms with van der Waals surface area (Å²) in [6.07, 6.45) is 2.76. The Labute approximate surface area is 132 Å². The van der Waals surface area contributed by atoms with Crippen LogP contribution in [0.2, 0.25) is 0 Å². The van der Waals surface area contributed by atoms with E-state index < -0.39 is 0 Å². The highest BCUT2D eigenvalue weighted by Crippen LogP contribution is 2.24. The van der Waals surface area contributed by atoms with Crippen molar-refractivity contribution in [2.24, 2.45) is 0 Å². The molecule has 2 amide bonds. The molecule has 1 aromatic rings. The predicted molar refractivity (Wildman–Crippen MR) is 86.3 cm³/mol. The molecular formula is C17H25N3O2. The van der Waals surface area contributed by atoms with Crippen LogP contribution in [0, 0.1) is 0 Å². The van der Waals surface area contributed by atoms with Crippen LogP contribution >= 0.6 is 0 Å². The highest BCUT2D eigenvalue weighted by molar-refractivity contribution is 5.77. The number of hydrogen-bond acceptors (Lipinski definition) is 3. The molecule has 5 nitrogen and oxygen atoms in total. The summed E-state index contributed by atoms with van der Waals surface area (Å²) in [4.78, 5) is 25.1. The fourth-order valence-corrected chi connectivity index (χ4v) is 2.84. The SMILES string of the molecule is CC(=O)NCCC(=O)NCC(c1ccccc1)N1CCCC1. The average molecular weight is 303 g/mol. The van der Waals surface area contributed by atoms with Gasteiger partial charge in [-0.3, -0.25) is 14.5 Å². The number of hydrogen-bond donors (Lipinski definition) is 2. The number of carbonyl (C=O) groups is 2. The van der Waals surface area contributed by atoms with Crippen LogP contribution in [0.15, 0.2) is 30.3 Å². The van der Waals surface area contributed by atoms with E-state index >= 15 is 0 Å². The number of likely N-dealkylation sites (tertiary alicyclic amines) is 1. The Bertz CT molecular complexity index is 484. The first-order valence-electron chi connectivity index (χ1n) is 7.97. The number of nitrogens with one attached hydrogen (secondary N) is 2. The second-order valence-electron chi connectivity index (χ2n) is 5.71. The van der Waals surface area contributed by atoms with Gasteiger partial charge in [-0.05, 0) is 31.5 Å². The van der Waals surface area contributed by atoms with Gasteiger partial charge in [-0.2, -0.15) is 0 Å². The molecule has 1 fully saturated rings. The summed E-state index contributed by atoms with van der Waals surface area (Å²) < 4.78 is 0. The first-order chi connectivity index (χ1) is 10.7. The first kappa shape index (κ1) is 16.5. The molecule has 1 aliphatic heterocycles. The molecule has 0 radical (unpaired) electrons. The second-order valence-corrected chi connectivity index (χ2v) is 5.71. The van der Waals surface area contributed by atoms with Crippen molar-refractivity contribution in [2.75, 3.05) is 26.2 Å². The maximum absolute atomic E-state index is 11.9. The van der Waals surface area contributed by atoms with Gasteiger partial charge in [-0.25, -0.2) is 0 Å². The van der Waals surface area contributed by atoms with E-state index in [-0.39, 0.29) is 17.9 Å². The molecule has 1 heterocycles. The van der Waals surface area contributed by atoms with E-state index in [1.54, 1.807) is 0 Å². The summed E-state index contributed by atoms with van der Waals surface area (Å²) in [5.74, 6) is -0.124. The highest BCUT2D eigenvalue weighted by atomic mass is 16.2. The van der Waals surface area contributed by atoms with Gasteiger partial charge in [-0.1, -0.05) is 30.3 Å². The summed E-state index contributed by atoms with van der Waals surface area (Å²) in [5, 5.41) is 5.64. The molecule has 120 valence electrons. The van der Waals surface area contributed by atoms with Gasteiger partial charge in [-0.15, -0.1) is 0 Å². The molecule has 1 aromatic carbocycles. The van der Waals surface area contributed by atoms with Crippen LogP contribution in [0.4, 0.5) is 0 Å². The Hall–Kier alpha value is -1.88. The summed E-state index contributed by atoms with van der Waals surface area (Å²) in [6, 6.07) is 10.6. The van der Waals surface area contributed by atoms with E-state index in [0.717, 1.165) is 13.1 Å². The molecule has 1 unspecified atom stereocenters. The second kappa shape index (κ2) is 8.54. The van der Waals surface area contributed by atoms with Crippen LogP contribution in [0.3, 0.4) is 0 Å². The van der Waals surface area contributed by atoms with Gasteiger partial charge in [0, 0.05) is 26.4 Å². The van der Waals surface area contributed by atoms with Crippen LogP contribution in [-0.2, 0) is 9.59 Å². The number of amides is 2. The zero-order valence-electron chi connectivity index (χ0n) is 13.2. The minimum atomic E-state index is -0.105. The predicted octanol–water partition coefficient (Wildman–Crippen LogP) is 1.47. The molecular weight excluding hydrogens is 278 g/mol. The third kappa shape index (κ3) is 5.15. The maximum Gasteiger partial charge on any atom is 0.221 e. The van der Waals surface area contributed by atoms with Crippen LogP contribution < -0.4 is 10.6 Å². The van der Waals surface area contributed by atoms with E-state index in [4.69, 9.17) is 0 Å². The lowest BCUT2D eigenvalue weighted by molar-refractivity contribution is -0.121. The normalized spacial score (nSPS) is 16.2. The maximum atomic E-state index is 11.9. The largest absolute Gasteiger partial charge is 0.356 e. The van der Waals surface area contributed by atoms with Crippen molar-refractivity contribution in [3.05, 3.63) is 35.9 Å². The molecule has 0 spiro atoms. The lowest BCUT2D eigenvalue weighted by Gasteiger charge is -2.28. The monoisotopic (exact) mass is 303 g/mol. The van der Waals surface area contributed by atoms with E-state index in [1.165, 1.54) is 25.3 Å². The van der Waals surface area contributed by atoms with E-state index in [0.29, 0.717) is 19.5 Å². The molecule has 5 heteroatoms. The Morgan fingerprint density at radius 2 is 1.82 bits per heavy atom. The molecule has 1 aliphatic rings. The molecule has 1 atom stereocenters. The van der Waals surface area contributed by atoms with Gasteiger partial charge in [0.25, 0.3) is 0 Å². The fraction of sp³-hybridized carbons (Fsp3) is 0.529. The van der Waals surface area contributed by atoms with Crippen LogP contribution in [-0.4, -0.2) is 42.9 Å². The summed E-state index contributed by atoms with van der Waals surface area (Å²) in [7, 11) is 0. The molecule has 0 bridgehead atoms. The highest BCUT2D eigenvalue weighted by Gasteiger charge is 2.23. The molecule has 2 N–H and O–H groups in total. The third-order valence-electron chi connectivity index (χ3n) is 3.98. The summed E-state index contributed by atoms with van der Waals surface area (Å²) in [6.45, 7) is 4.63. The van der Waals surface area contributed by atoms with Crippen molar-refractivity contribution in [1.82, 2.24) is 15.5 Å². The minimum absolute atomic E-state index is 0.0196. The topological polar surface area (TPSA) is 61.4 Å². The summed E-state index contributed by atoms with van der Waals surface area (Å²) >= 11 is 0. The molecule has 1 saturated heterocycles. The average Bonchev–Trinajstić information content (AvgIpc) is 3.02. The summed E-state index contributed by atoms with van der Waals surface area (Å²) in [5.41, 5.74) is 1.24. The van der Waals surface area contributed by atoms with Gasteiger partial charge in [0.1, 0.15) is 0 Å². The molecule has 2 rings (SSSR count). The zero-order chi connectivity index (χ0) is 15.8. The smallest absolute Gasteiger partial charge is 0.221 e. The van der Waals surface area contributed by atoms with Crippen molar-refractivity contribution >= 4 is 11.8 Å². The van der Waals surface area contributed by atoms with Gasteiger partial charge in [0.05, 0.1) is 6.04 Å². The Balaban J connectivity index is 1.87. The van der Waals surface area contributed by atoms with Crippen molar-refractivity contribution in [2.45, 2.75) is 32.2 Å². The first-order valence-corrected chi connectivity index (χ1v) is 7.97. The molecule has 0 aliphatic carbocycles. The van der Waals surface area contributed by atoms with Crippen LogP contribution in [0.5, 0.6) is 0 Å². The number of rotatable bonds is 7. The van der Waals surface area contributed by atoms with Crippen molar-refractivity contribution in [1.29, 1.82) is 0 Å². The lowest BCUT2D eigenvalue weighted by Crippen LogP contribution is -2.37. The van der Waals surface area contributed by atoms with E-state index in [9.17, 15) is 9.59 Å². The van der Waals surface area contributed by atoms with Crippen molar-refractivity contribution in [3.8, 4) is 0 Å². The van der Waals surface area contributed by atoms with Gasteiger partial charge < -0.3 is 10.6 Å². The zero-order valence-corrected chi connectivity index (χ0v) is 13.2. The molecule has 22 heavy (non-hydrogen) atoms. The van der Waals surface area contributed by atoms with Gasteiger partial charge >= 0.3 is 0 Å². The Morgan fingerprint density at radius 3 is 2.45 bits per heavy atom. The van der Waals surface area contributed by atoms with E-state index in [1.807, 2.05) is 18.2 Å². The number of nitrogens with zero attached hydrogens (tertiary/aromatic N) is 1. The van der Waals surface area contributed by atoms with Crippen molar-refractivity contribution < 1.29 is 9.59 Å². The quantitative estimate of drug-likeness (QED) is 0.802. The standard InChI is InChI=1S/C17H25N3O2/c1-14(21)18-10-9-17(22)19-13-16(20-11-5-6-12-20)15-7-3-2-4-8-15/h2-4,7-8,16H,5-6,9-13H2,1H3,(H,18,21)(H,19,22).